The van der Waals surface area contributed by atoms with Gasteiger partial charge < -0.3 is 14.2 Å². The summed E-state index contributed by atoms with van der Waals surface area (Å²) in [5.41, 5.74) is 0. The number of unbranched alkanes of at least 4 members (excludes halogenated alkanes) is 44. The Bertz CT molecular complexity index is 1150. The Hall–Kier alpha value is -2.11. The maximum Gasteiger partial charge on any atom is 0.306 e. The molecule has 418 valence electrons. The van der Waals surface area contributed by atoms with Gasteiger partial charge in [-0.15, -0.1) is 0 Å². The first-order chi connectivity index (χ1) is 35.0. The Morgan fingerprint density at radius 3 is 0.775 bits per heavy atom. The minimum absolute atomic E-state index is 0.0646. The molecule has 0 amide bonds. The van der Waals surface area contributed by atoms with E-state index in [4.69, 9.17) is 14.2 Å². The highest BCUT2D eigenvalue weighted by molar-refractivity contribution is 5.71. The maximum absolute atomic E-state index is 12.8. The molecule has 0 rings (SSSR count). The molecular formula is C65H122O6. The van der Waals surface area contributed by atoms with Gasteiger partial charge >= 0.3 is 17.9 Å². The lowest BCUT2D eigenvalue weighted by atomic mass is 10.0. The quantitative estimate of drug-likeness (QED) is 0.0261. The van der Waals surface area contributed by atoms with Crippen molar-refractivity contribution in [3.05, 3.63) is 24.3 Å². The molecule has 6 nitrogen and oxygen atoms in total. The highest BCUT2D eigenvalue weighted by atomic mass is 16.6. The molecule has 0 heterocycles. The molecule has 0 saturated heterocycles. The van der Waals surface area contributed by atoms with Crippen molar-refractivity contribution < 1.29 is 28.6 Å². The van der Waals surface area contributed by atoms with Crippen LogP contribution >= 0.6 is 0 Å². The molecule has 1 unspecified atom stereocenters. The average Bonchev–Trinajstić information content (AvgIpc) is 3.37. The van der Waals surface area contributed by atoms with Gasteiger partial charge in [-0.2, -0.15) is 0 Å². The topological polar surface area (TPSA) is 78.9 Å². The largest absolute Gasteiger partial charge is 0.462 e. The van der Waals surface area contributed by atoms with Gasteiger partial charge in [-0.25, -0.2) is 0 Å². The van der Waals surface area contributed by atoms with Crippen LogP contribution in [0.4, 0.5) is 0 Å². The summed E-state index contributed by atoms with van der Waals surface area (Å²) in [5.74, 6) is -0.844. The van der Waals surface area contributed by atoms with E-state index in [1.54, 1.807) is 0 Å². The van der Waals surface area contributed by atoms with Crippen LogP contribution in [0.3, 0.4) is 0 Å². The van der Waals surface area contributed by atoms with Crippen molar-refractivity contribution in [2.45, 2.75) is 361 Å². The summed E-state index contributed by atoms with van der Waals surface area (Å²) in [7, 11) is 0. The number of carbonyl (C=O) groups is 3. The summed E-state index contributed by atoms with van der Waals surface area (Å²) in [4.78, 5) is 38.1. The van der Waals surface area contributed by atoms with Crippen LogP contribution in [0.1, 0.15) is 355 Å². The van der Waals surface area contributed by atoms with Gasteiger partial charge in [0.2, 0.25) is 0 Å². The van der Waals surface area contributed by atoms with Gasteiger partial charge in [0.25, 0.3) is 0 Å². The summed E-state index contributed by atoms with van der Waals surface area (Å²) in [6.07, 6.45) is 72.1. The number of allylic oxidation sites excluding steroid dienone is 4. The SMILES string of the molecule is CCCCCCC/C=C\C/C=C\CCCCCCCCCCCCCCCCCCCC(=O)OCC(COC(=O)CCCCCCCCCC)OC(=O)CCCCCCCCCCCCCCCCCC. The molecule has 0 bridgehead atoms. The van der Waals surface area contributed by atoms with Crippen LogP contribution in [-0.2, 0) is 28.6 Å². The first-order valence-electron chi connectivity index (χ1n) is 31.8. The van der Waals surface area contributed by atoms with Crippen molar-refractivity contribution in [2.24, 2.45) is 0 Å². The second-order valence-corrected chi connectivity index (χ2v) is 21.7. The zero-order valence-corrected chi connectivity index (χ0v) is 48.0. The van der Waals surface area contributed by atoms with Crippen LogP contribution < -0.4 is 0 Å². The van der Waals surface area contributed by atoms with Crippen LogP contribution in [0, 0.1) is 0 Å². The molecule has 0 spiro atoms. The van der Waals surface area contributed by atoms with Gasteiger partial charge in [-0.1, -0.05) is 308 Å². The Balaban J connectivity index is 4.04. The molecule has 0 aliphatic carbocycles. The third-order valence-electron chi connectivity index (χ3n) is 14.5. The fourth-order valence-corrected chi connectivity index (χ4v) is 9.65. The molecular weight excluding hydrogens is 877 g/mol. The number of rotatable bonds is 59. The summed E-state index contributed by atoms with van der Waals surface area (Å²) < 4.78 is 16.9. The standard InChI is InChI=1S/C65H122O6/c1-4-7-10-13-16-19-21-23-25-27-28-29-30-31-32-33-34-35-36-37-38-39-41-42-44-46-49-52-55-58-64(67)70-61-62(60-69-63(66)57-54-51-48-18-15-12-9-6-3)71-65(68)59-56-53-50-47-45-43-40-26-24-22-20-17-14-11-8-5-2/h21,23,27-28,62H,4-20,22,24-26,29-61H2,1-3H3/b23-21-,28-27-. The van der Waals surface area contributed by atoms with Crippen molar-refractivity contribution in [1.82, 2.24) is 0 Å². The molecule has 0 saturated carbocycles. The van der Waals surface area contributed by atoms with Crippen molar-refractivity contribution in [2.75, 3.05) is 13.2 Å². The van der Waals surface area contributed by atoms with Gasteiger partial charge in [0.05, 0.1) is 0 Å². The van der Waals surface area contributed by atoms with Gasteiger partial charge in [0.1, 0.15) is 13.2 Å². The molecule has 0 aromatic heterocycles. The number of ether oxygens (including phenoxy) is 3. The van der Waals surface area contributed by atoms with Crippen LogP contribution in [0.5, 0.6) is 0 Å². The fourth-order valence-electron chi connectivity index (χ4n) is 9.65. The number of carbonyl (C=O) groups excluding carboxylic acids is 3. The highest BCUT2D eigenvalue weighted by Crippen LogP contribution is 2.18. The molecule has 71 heavy (non-hydrogen) atoms. The molecule has 0 aliphatic heterocycles. The van der Waals surface area contributed by atoms with Gasteiger partial charge in [-0.05, 0) is 51.4 Å². The van der Waals surface area contributed by atoms with E-state index in [2.05, 4.69) is 45.1 Å². The Morgan fingerprint density at radius 1 is 0.282 bits per heavy atom. The van der Waals surface area contributed by atoms with Gasteiger partial charge in [-0.3, -0.25) is 14.4 Å². The van der Waals surface area contributed by atoms with E-state index in [0.717, 1.165) is 64.2 Å². The lowest BCUT2D eigenvalue weighted by Gasteiger charge is -2.18. The molecule has 0 N–H and O–H groups in total. The van der Waals surface area contributed by atoms with E-state index in [-0.39, 0.29) is 31.1 Å². The molecule has 0 aromatic carbocycles. The van der Waals surface area contributed by atoms with E-state index in [1.165, 1.54) is 250 Å². The van der Waals surface area contributed by atoms with E-state index < -0.39 is 6.10 Å². The van der Waals surface area contributed by atoms with Gasteiger partial charge in [0, 0.05) is 19.3 Å². The minimum Gasteiger partial charge on any atom is -0.462 e. The molecule has 0 radical (unpaired) electrons. The van der Waals surface area contributed by atoms with Crippen LogP contribution in [0.25, 0.3) is 0 Å². The van der Waals surface area contributed by atoms with Crippen molar-refractivity contribution in [3.8, 4) is 0 Å². The second kappa shape index (κ2) is 60.4. The van der Waals surface area contributed by atoms with E-state index in [1.807, 2.05) is 0 Å². The number of esters is 3. The summed E-state index contributed by atoms with van der Waals surface area (Å²) >= 11 is 0. The highest BCUT2D eigenvalue weighted by Gasteiger charge is 2.19. The molecule has 0 fully saturated rings. The third kappa shape index (κ3) is 58.7. The third-order valence-corrected chi connectivity index (χ3v) is 14.5. The average molecular weight is 1000 g/mol. The fraction of sp³-hybridized carbons (Fsp3) is 0.892. The summed E-state index contributed by atoms with van der Waals surface area (Å²) in [6, 6.07) is 0. The first kappa shape index (κ1) is 68.9. The number of hydrogen-bond donors (Lipinski definition) is 0. The Labute approximate surface area is 443 Å². The minimum atomic E-state index is -0.764. The van der Waals surface area contributed by atoms with Crippen LogP contribution in [0.15, 0.2) is 24.3 Å². The normalized spacial score (nSPS) is 12.1. The summed E-state index contributed by atoms with van der Waals surface area (Å²) in [6.45, 7) is 6.66. The zero-order chi connectivity index (χ0) is 51.4. The second-order valence-electron chi connectivity index (χ2n) is 21.7. The van der Waals surface area contributed by atoms with Crippen molar-refractivity contribution in [3.63, 3.8) is 0 Å². The lowest BCUT2D eigenvalue weighted by molar-refractivity contribution is -0.167. The zero-order valence-electron chi connectivity index (χ0n) is 48.0. The Morgan fingerprint density at radius 2 is 0.507 bits per heavy atom. The van der Waals surface area contributed by atoms with E-state index in [0.29, 0.717) is 19.3 Å². The van der Waals surface area contributed by atoms with E-state index in [9.17, 15) is 14.4 Å². The van der Waals surface area contributed by atoms with Gasteiger partial charge in [0.15, 0.2) is 6.10 Å². The van der Waals surface area contributed by atoms with Crippen LogP contribution in [-0.4, -0.2) is 37.2 Å². The molecule has 0 aromatic rings. The van der Waals surface area contributed by atoms with E-state index >= 15 is 0 Å². The van der Waals surface area contributed by atoms with Crippen LogP contribution in [0.2, 0.25) is 0 Å². The molecule has 6 heteroatoms. The Kier molecular flexibility index (Phi) is 58.6. The lowest BCUT2D eigenvalue weighted by Crippen LogP contribution is -2.30. The number of hydrogen-bond acceptors (Lipinski definition) is 6. The maximum atomic E-state index is 12.8. The van der Waals surface area contributed by atoms with Crippen molar-refractivity contribution >= 4 is 17.9 Å². The molecule has 0 aliphatic rings. The monoisotopic (exact) mass is 999 g/mol. The first-order valence-corrected chi connectivity index (χ1v) is 31.8. The smallest absolute Gasteiger partial charge is 0.306 e. The predicted octanol–water partition coefficient (Wildman–Crippen LogP) is 21.4. The summed E-state index contributed by atoms with van der Waals surface area (Å²) in [5, 5.41) is 0. The predicted molar refractivity (Wildman–Crippen MR) is 307 cm³/mol. The van der Waals surface area contributed by atoms with Crippen molar-refractivity contribution in [1.29, 1.82) is 0 Å². The molecule has 1 atom stereocenters.